The van der Waals surface area contributed by atoms with Crippen LogP contribution in [0.2, 0.25) is 0 Å². The van der Waals surface area contributed by atoms with E-state index < -0.39 is 0 Å². The van der Waals surface area contributed by atoms with Crippen LogP contribution < -0.4 is 5.36 Å². The van der Waals surface area contributed by atoms with E-state index in [1.54, 1.807) is 7.11 Å². The van der Waals surface area contributed by atoms with Gasteiger partial charge < -0.3 is 9.25 Å². The second-order valence-corrected chi connectivity index (χ2v) is 3.72. The minimum absolute atomic E-state index is 0.807. The van der Waals surface area contributed by atoms with Gasteiger partial charge in [-0.2, -0.15) is 0 Å². The van der Waals surface area contributed by atoms with Crippen molar-refractivity contribution in [1.82, 2.24) is 0 Å². The summed E-state index contributed by atoms with van der Waals surface area (Å²) in [6, 6.07) is 15.6. The second kappa shape index (κ2) is 3.94. The molecule has 3 nitrogen and oxygen atoms in total. The largest absolute Gasteiger partial charge is 0.456 e. The quantitative estimate of drug-likeness (QED) is 0.471. The molecule has 0 N–H and O–H groups in total. The van der Waals surface area contributed by atoms with E-state index in [2.05, 4.69) is 5.16 Å². The summed E-state index contributed by atoms with van der Waals surface area (Å²) in [5.74, 6) is 0. The monoisotopic (exact) mass is 225 g/mol. The third-order valence-electron chi connectivity index (χ3n) is 2.69. The fraction of sp³-hybridized carbons (Fsp3) is 0.0714. The Morgan fingerprint density at radius 3 is 1.94 bits per heavy atom. The lowest BCUT2D eigenvalue weighted by atomic mass is 10.1. The lowest BCUT2D eigenvalue weighted by molar-refractivity contribution is 0.201. The summed E-state index contributed by atoms with van der Waals surface area (Å²) in [7, 11) is 1.55. The number of para-hydroxylation sites is 2. The van der Waals surface area contributed by atoms with Crippen molar-refractivity contribution >= 4 is 21.9 Å². The molecule has 0 saturated carbocycles. The molecule has 0 unspecified atom stereocenters. The van der Waals surface area contributed by atoms with Crippen LogP contribution in [-0.2, 0) is 4.84 Å². The highest BCUT2D eigenvalue weighted by atomic mass is 16.6. The molecule has 84 valence electrons. The van der Waals surface area contributed by atoms with E-state index in [-0.39, 0.29) is 0 Å². The van der Waals surface area contributed by atoms with E-state index in [4.69, 9.17) is 9.25 Å². The topological polar surface area (TPSA) is 34.7 Å². The maximum absolute atomic E-state index is 5.82. The summed E-state index contributed by atoms with van der Waals surface area (Å²) in [5.41, 5.74) is 1.61. The minimum atomic E-state index is 0.807. The normalized spacial score (nSPS) is 10.6. The first-order valence-electron chi connectivity index (χ1n) is 5.38. The summed E-state index contributed by atoms with van der Waals surface area (Å²) >= 11 is 0. The van der Waals surface area contributed by atoms with Crippen molar-refractivity contribution in [2.24, 2.45) is 5.16 Å². The van der Waals surface area contributed by atoms with Gasteiger partial charge in [-0.05, 0) is 24.3 Å². The third kappa shape index (κ3) is 1.56. The van der Waals surface area contributed by atoms with E-state index in [9.17, 15) is 0 Å². The summed E-state index contributed by atoms with van der Waals surface area (Å²) in [4.78, 5) is 4.93. The Balaban J connectivity index is 2.61. The van der Waals surface area contributed by atoms with Gasteiger partial charge in [0.1, 0.15) is 23.6 Å². The molecule has 0 atom stereocenters. The molecule has 0 bridgehead atoms. The van der Waals surface area contributed by atoms with Crippen molar-refractivity contribution < 1.29 is 9.25 Å². The molecule has 0 saturated heterocycles. The Hall–Kier alpha value is -2.29. The van der Waals surface area contributed by atoms with Gasteiger partial charge in [0, 0.05) is 10.8 Å². The predicted molar refractivity (Wildman–Crippen MR) is 66.3 cm³/mol. The molecule has 3 heteroatoms. The number of rotatable bonds is 1. The molecule has 0 fully saturated rings. The fourth-order valence-corrected chi connectivity index (χ4v) is 1.96. The second-order valence-electron chi connectivity index (χ2n) is 3.72. The molecule has 0 amide bonds. The molecular formula is C14H11NO2. The van der Waals surface area contributed by atoms with Crippen molar-refractivity contribution in [1.29, 1.82) is 0 Å². The van der Waals surface area contributed by atoms with Gasteiger partial charge in [0.15, 0.2) is 0 Å². The fourth-order valence-electron chi connectivity index (χ4n) is 1.96. The van der Waals surface area contributed by atoms with Gasteiger partial charge in [0.05, 0.1) is 0 Å². The van der Waals surface area contributed by atoms with Crippen molar-refractivity contribution in [2.75, 3.05) is 7.11 Å². The molecule has 0 radical (unpaired) electrons. The maximum Gasteiger partial charge on any atom is 0.137 e. The van der Waals surface area contributed by atoms with Crippen LogP contribution in [0.15, 0.2) is 58.1 Å². The lowest BCUT2D eigenvalue weighted by Gasteiger charge is -2.02. The molecule has 0 aliphatic heterocycles. The molecular weight excluding hydrogens is 214 g/mol. The van der Waals surface area contributed by atoms with Crippen LogP contribution in [0.3, 0.4) is 0 Å². The van der Waals surface area contributed by atoms with Crippen LogP contribution in [0, 0.1) is 0 Å². The Morgan fingerprint density at radius 1 is 0.882 bits per heavy atom. The molecule has 17 heavy (non-hydrogen) atoms. The van der Waals surface area contributed by atoms with E-state index in [0.717, 1.165) is 27.3 Å². The molecule has 3 aromatic rings. The zero-order valence-electron chi connectivity index (χ0n) is 9.38. The molecule has 3 rings (SSSR count). The molecule has 1 heterocycles. The zero-order chi connectivity index (χ0) is 11.7. The SMILES string of the molecule is CON=c1c2ccccc2oc2ccccc12. The average Bonchev–Trinajstić information content (AvgIpc) is 2.39. The highest BCUT2D eigenvalue weighted by Crippen LogP contribution is 2.17. The highest BCUT2D eigenvalue weighted by molar-refractivity contribution is 5.89. The Labute approximate surface area is 97.9 Å². The van der Waals surface area contributed by atoms with Crippen LogP contribution in [0.1, 0.15) is 0 Å². The van der Waals surface area contributed by atoms with E-state index >= 15 is 0 Å². The molecule has 2 aromatic carbocycles. The van der Waals surface area contributed by atoms with Crippen molar-refractivity contribution in [3.8, 4) is 0 Å². The van der Waals surface area contributed by atoms with Crippen molar-refractivity contribution in [2.45, 2.75) is 0 Å². The predicted octanol–water partition coefficient (Wildman–Crippen LogP) is 3.05. The first kappa shape index (κ1) is 9.90. The molecule has 1 aromatic heterocycles. The Morgan fingerprint density at radius 2 is 1.41 bits per heavy atom. The molecule has 0 aliphatic carbocycles. The van der Waals surface area contributed by atoms with Crippen LogP contribution in [0.25, 0.3) is 21.9 Å². The molecule has 0 spiro atoms. The van der Waals surface area contributed by atoms with E-state index in [1.165, 1.54) is 0 Å². The van der Waals surface area contributed by atoms with Gasteiger partial charge in [-0.3, -0.25) is 0 Å². The zero-order valence-corrected chi connectivity index (χ0v) is 9.38. The molecule has 0 aliphatic rings. The van der Waals surface area contributed by atoms with Crippen LogP contribution in [0.5, 0.6) is 0 Å². The summed E-state index contributed by atoms with van der Waals surface area (Å²) < 4.78 is 5.82. The van der Waals surface area contributed by atoms with E-state index in [0.29, 0.717) is 0 Å². The minimum Gasteiger partial charge on any atom is -0.456 e. The average molecular weight is 225 g/mol. The van der Waals surface area contributed by atoms with Gasteiger partial charge in [0.2, 0.25) is 0 Å². The summed E-state index contributed by atoms with van der Waals surface area (Å²) in [6.07, 6.45) is 0. The third-order valence-corrected chi connectivity index (χ3v) is 2.69. The standard InChI is InChI=1S/C14H11NO2/c1-16-15-14-10-6-2-4-8-12(10)17-13-9-5-3-7-11(13)14/h2-9H,1H3. The van der Waals surface area contributed by atoms with Crippen molar-refractivity contribution in [3.63, 3.8) is 0 Å². The summed E-state index contributed by atoms with van der Waals surface area (Å²) in [6.45, 7) is 0. The first-order valence-corrected chi connectivity index (χ1v) is 5.38. The van der Waals surface area contributed by atoms with Gasteiger partial charge in [-0.1, -0.05) is 29.4 Å². The van der Waals surface area contributed by atoms with E-state index in [1.807, 2.05) is 48.5 Å². The smallest absolute Gasteiger partial charge is 0.137 e. The van der Waals surface area contributed by atoms with Gasteiger partial charge >= 0.3 is 0 Å². The maximum atomic E-state index is 5.82. The van der Waals surface area contributed by atoms with Crippen molar-refractivity contribution in [3.05, 3.63) is 53.9 Å². The van der Waals surface area contributed by atoms with Crippen LogP contribution in [0.4, 0.5) is 0 Å². The first-order chi connectivity index (χ1) is 8.40. The number of benzene rings is 2. The van der Waals surface area contributed by atoms with Gasteiger partial charge in [0.25, 0.3) is 0 Å². The Kier molecular flexibility index (Phi) is 2.29. The van der Waals surface area contributed by atoms with Crippen LogP contribution >= 0.6 is 0 Å². The number of fused-ring (bicyclic) bond motifs is 2. The number of nitrogens with zero attached hydrogens (tertiary/aromatic N) is 1. The van der Waals surface area contributed by atoms with Gasteiger partial charge in [-0.25, -0.2) is 0 Å². The lowest BCUT2D eigenvalue weighted by Crippen LogP contribution is -2.05. The Bertz CT molecular complexity index is 687. The number of hydrogen-bond acceptors (Lipinski definition) is 3. The summed E-state index contributed by atoms with van der Waals surface area (Å²) in [5, 5.41) is 6.82. The van der Waals surface area contributed by atoms with Gasteiger partial charge in [-0.15, -0.1) is 0 Å². The number of hydrogen-bond donors (Lipinski definition) is 0. The van der Waals surface area contributed by atoms with Crippen LogP contribution in [-0.4, -0.2) is 7.11 Å². The highest BCUT2D eigenvalue weighted by Gasteiger charge is 2.04.